The zero-order valence-corrected chi connectivity index (χ0v) is 13.4. The van der Waals surface area contributed by atoms with Crippen molar-refractivity contribution in [3.05, 3.63) is 29.5 Å². The van der Waals surface area contributed by atoms with E-state index in [-0.39, 0.29) is 5.97 Å². The molecule has 0 radical (unpaired) electrons. The van der Waals surface area contributed by atoms with E-state index in [0.29, 0.717) is 24.7 Å². The van der Waals surface area contributed by atoms with E-state index in [4.69, 9.17) is 9.47 Å². The zero-order valence-electron chi connectivity index (χ0n) is 13.4. The largest absolute Gasteiger partial charge is 0.493 e. The van der Waals surface area contributed by atoms with Gasteiger partial charge in [0.15, 0.2) is 0 Å². The third kappa shape index (κ3) is 3.04. The molecule has 21 heavy (non-hydrogen) atoms. The Morgan fingerprint density at radius 3 is 2.67 bits per heavy atom. The summed E-state index contributed by atoms with van der Waals surface area (Å²) in [4.78, 5) is 12.2. The summed E-state index contributed by atoms with van der Waals surface area (Å²) in [6.45, 7) is 8.99. The maximum atomic E-state index is 12.2. The van der Waals surface area contributed by atoms with Crippen molar-refractivity contribution >= 4 is 16.9 Å². The molecule has 4 nitrogen and oxygen atoms in total. The Morgan fingerprint density at radius 1 is 1.33 bits per heavy atom. The molecule has 0 aliphatic carbocycles. The fourth-order valence-electron chi connectivity index (χ4n) is 2.36. The van der Waals surface area contributed by atoms with Crippen LogP contribution in [-0.4, -0.2) is 23.8 Å². The van der Waals surface area contributed by atoms with Gasteiger partial charge in [-0.05, 0) is 38.0 Å². The summed E-state index contributed by atoms with van der Waals surface area (Å²) >= 11 is 0. The van der Waals surface area contributed by atoms with E-state index in [1.807, 2.05) is 43.7 Å². The van der Waals surface area contributed by atoms with Gasteiger partial charge in [0.1, 0.15) is 5.75 Å². The summed E-state index contributed by atoms with van der Waals surface area (Å²) in [5.41, 5.74) is 2.54. The van der Waals surface area contributed by atoms with Crippen LogP contribution in [0.5, 0.6) is 5.75 Å². The highest BCUT2D eigenvalue weighted by Crippen LogP contribution is 2.29. The SMILES string of the molecule is CCOC(=O)c1c(C)n(C)c2ccc(OCC(C)C)cc12. The van der Waals surface area contributed by atoms with Crippen LogP contribution >= 0.6 is 0 Å². The number of rotatable bonds is 5. The number of carbonyl (C=O) groups is 1. The van der Waals surface area contributed by atoms with Gasteiger partial charge in [0.25, 0.3) is 0 Å². The molecule has 1 aromatic carbocycles. The highest BCUT2D eigenvalue weighted by molar-refractivity contribution is 6.06. The predicted molar refractivity (Wildman–Crippen MR) is 83.9 cm³/mol. The summed E-state index contributed by atoms with van der Waals surface area (Å²) in [5.74, 6) is 0.969. The fraction of sp³-hybridized carbons (Fsp3) is 0.471. The predicted octanol–water partition coefficient (Wildman–Crippen LogP) is 3.70. The number of aromatic nitrogens is 1. The summed E-state index contributed by atoms with van der Waals surface area (Å²) in [6.07, 6.45) is 0. The normalized spacial score (nSPS) is 11.1. The lowest BCUT2D eigenvalue weighted by molar-refractivity contribution is 0.0527. The van der Waals surface area contributed by atoms with Gasteiger partial charge < -0.3 is 14.0 Å². The molecule has 0 bridgehead atoms. The molecule has 0 spiro atoms. The summed E-state index contributed by atoms with van der Waals surface area (Å²) in [7, 11) is 1.95. The number of benzene rings is 1. The van der Waals surface area contributed by atoms with Crippen molar-refractivity contribution in [3.63, 3.8) is 0 Å². The minimum Gasteiger partial charge on any atom is -0.493 e. The monoisotopic (exact) mass is 289 g/mol. The molecule has 0 aliphatic rings. The number of hydrogen-bond donors (Lipinski definition) is 0. The van der Waals surface area contributed by atoms with E-state index >= 15 is 0 Å². The van der Waals surface area contributed by atoms with Crippen molar-refractivity contribution in [2.45, 2.75) is 27.7 Å². The van der Waals surface area contributed by atoms with Crippen LogP contribution in [0.1, 0.15) is 36.8 Å². The number of nitrogens with zero attached hydrogens (tertiary/aromatic N) is 1. The third-order valence-corrected chi connectivity index (χ3v) is 3.53. The van der Waals surface area contributed by atoms with E-state index in [0.717, 1.165) is 22.3 Å². The van der Waals surface area contributed by atoms with Crippen LogP contribution in [0.4, 0.5) is 0 Å². The number of esters is 1. The Morgan fingerprint density at radius 2 is 2.05 bits per heavy atom. The molecule has 0 N–H and O–H groups in total. The van der Waals surface area contributed by atoms with E-state index in [1.54, 1.807) is 0 Å². The average Bonchev–Trinajstić information content (AvgIpc) is 2.68. The molecular weight excluding hydrogens is 266 g/mol. The first-order chi connectivity index (χ1) is 9.95. The Kier molecular flexibility index (Phi) is 4.56. The quantitative estimate of drug-likeness (QED) is 0.788. The lowest BCUT2D eigenvalue weighted by atomic mass is 10.1. The van der Waals surface area contributed by atoms with Gasteiger partial charge >= 0.3 is 5.97 Å². The molecule has 2 aromatic rings. The molecule has 0 fully saturated rings. The lowest BCUT2D eigenvalue weighted by Gasteiger charge is -2.09. The number of ether oxygens (including phenoxy) is 2. The summed E-state index contributed by atoms with van der Waals surface area (Å²) in [5, 5.41) is 0.884. The maximum Gasteiger partial charge on any atom is 0.340 e. The Labute approximate surface area is 125 Å². The molecule has 0 atom stereocenters. The van der Waals surface area contributed by atoms with Gasteiger partial charge in [-0.2, -0.15) is 0 Å². The molecule has 0 amide bonds. The van der Waals surface area contributed by atoms with E-state index in [9.17, 15) is 4.79 Å². The van der Waals surface area contributed by atoms with E-state index in [1.165, 1.54) is 0 Å². The van der Waals surface area contributed by atoms with Crippen molar-refractivity contribution in [1.82, 2.24) is 4.57 Å². The fourth-order valence-corrected chi connectivity index (χ4v) is 2.36. The first kappa shape index (κ1) is 15.4. The zero-order chi connectivity index (χ0) is 15.6. The van der Waals surface area contributed by atoms with Gasteiger partial charge in [-0.25, -0.2) is 4.79 Å². The Balaban J connectivity index is 2.48. The second-order valence-corrected chi connectivity index (χ2v) is 5.62. The van der Waals surface area contributed by atoms with Crippen molar-refractivity contribution in [3.8, 4) is 5.75 Å². The number of hydrogen-bond acceptors (Lipinski definition) is 3. The van der Waals surface area contributed by atoms with Crippen LogP contribution in [0.25, 0.3) is 10.9 Å². The molecule has 0 saturated carbocycles. The number of carbonyl (C=O) groups excluding carboxylic acids is 1. The molecule has 0 unspecified atom stereocenters. The van der Waals surface area contributed by atoms with Gasteiger partial charge in [0, 0.05) is 23.6 Å². The molecule has 1 heterocycles. The average molecular weight is 289 g/mol. The molecule has 2 rings (SSSR count). The molecule has 1 aromatic heterocycles. The number of aryl methyl sites for hydroxylation is 1. The van der Waals surface area contributed by atoms with Crippen LogP contribution in [0, 0.1) is 12.8 Å². The minimum absolute atomic E-state index is 0.276. The highest BCUT2D eigenvalue weighted by atomic mass is 16.5. The van der Waals surface area contributed by atoms with Gasteiger partial charge in [-0.3, -0.25) is 0 Å². The van der Waals surface area contributed by atoms with Crippen molar-refractivity contribution in [2.75, 3.05) is 13.2 Å². The second kappa shape index (κ2) is 6.20. The molecular formula is C17H23NO3. The first-order valence-electron chi connectivity index (χ1n) is 7.34. The molecule has 114 valence electrons. The van der Waals surface area contributed by atoms with Crippen LogP contribution in [-0.2, 0) is 11.8 Å². The van der Waals surface area contributed by atoms with Crippen LogP contribution < -0.4 is 4.74 Å². The Bertz CT molecular complexity index is 656. The van der Waals surface area contributed by atoms with Crippen molar-refractivity contribution in [2.24, 2.45) is 13.0 Å². The Hall–Kier alpha value is -1.97. The maximum absolute atomic E-state index is 12.2. The van der Waals surface area contributed by atoms with Crippen molar-refractivity contribution in [1.29, 1.82) is 0 Å². The smallest absolute Gasteiger partial charge is 0.340 e. The lowest BCUT2D eigenvalue weighted by Crippen LogP contribution is -2.06. The van der Waals surface area contributed by atoms with Gasteiger partial charge in [0.05, 0.1) is 18.8 Å². The summed E-state index contributed by atoms with van der Waals surface area (Å²) < 4.78 is 12.9. The topological polar surface area (TPSA) is 40.5 Å². The highest BCUT2D eigenvalue weighted by Gasteiger charge is 2.20. The van der Waals surface area contributed by atoms with E-state index < -0.39 is 0 Å². The molecule has 4 heteroatoms. The second-order valence-electron chi connectivity index (χ2n) is 5.62. The van der Waals surface area contributed by atoms with Crippen LogP contribution in [0.2, 0.25) is 0 Å². The first-order valence-corrected chi connectivity index (χ1v) is 7.34. The molecule has 0 aliphatic heterocycles. The third-order valence-electron chi connectivity index (χ3n) is 3.53. The van der Waals surface area contributed by atoms with Crippen LogP contribution in [0.15, 0.2) is 18.2 Å². The van der Waals surface area contributed by atoms with Gasteiger partial charge in [-0.1, -0.05) is 13.8 Å². The van der Waals surface area contributed by atoms with E-state index in [2.05, 4.69) is 13.8 Å². The minimum atomic E-state index is -0.276. The standard InChI is InChI=1S/C17H23NO3/c1-6-20-17(19)16-12(4)18(5)15-8-7-13(9-14(15)16)21-10-11(2)3/h7-9,11H,6,10H2,1-5H3. The van der Waals surface area contributed by atoms with Crippen molar-refractivity contribution < 1.29 is 14.3 Å². The van der Waals surface area contributed by atoms with Gasteiger partial charge in [-0.15, -0.1) is 0 Å². The summed E-state index contributed by atoms with van der Waals surface area (Å²) in [6, 6.07) is 5.86. The van der Waals surface area contributed by atoms with Gasteiger partial charge in [0.2, 0.25) is 0 Å². The number of fused-ring (bicyclic) bond motifs is 1. The molecule has 0 saturated heterocycles. The van der Waals surface area contributed by atoms with Crippen LogP contribution in [0.3, 0.4) is 0 Å².